The van der Waals surface area contributed by atoms with Crippen molar-refractivity contribution in [2.75, 3.05) is 0 Å². The Hall–Kier alpha value is -0.760. The fraction of sp³-hybridized carbons (Fsp3) is 0.143. The van der Waals surface area contributed by atoms with Crippen LogP contribution in [0.3, 0.4) is 0 Å². The summed E-state index contributed by atoms with van der Waals surface area (Å²) in [6.07, 6.45) is 0. The van der Waals surface area contributed by atoms with Crippen LogP contribution in [0.4, 0.5) is 0 Å². The lowest BCUT2D eigenvalue weighted by Crippen LogP contribution is -1.77. The van der Waals surface area contributed by atoms with E-state index in [2.05, 4.69) is 0 Å². The summed E-state index contributed by atoms with van der Waals surface area (Å²) in [5, 5.41) is 0. The summed E-state index contributed by atoms with van der Waals surface area (Å²) in [4.78, 5) is 0. The molecule has 0 amide bonds. The lowest BCUT2D eigenvalue weighted by atomic mass is 10.2. The fourth-order valence-corrected chi connectivity index (χ4v) is 1.02. The second kappa shape index (κ2) is 3.30. The summed E-state index contributed by atoms with van der Waals surface area (Å²) in [5.41, 5.74) is 1.22. The van der Waals surface area contributed by atoms with Gasteiger partial charge in [-0.15, -0.1) is 0 Å². The molecule has 1 aromatic rings. The highest BCUT2D eigenvalue weighted by Gasteiger charge is 1.94. The highest BCUT2D eigenvalue weighted by molar-refractivity contribution is 7.65. The van der Waals surface area contributed by atoms with Crippen molar-refractivity contribution in [2.45, 2.75) is 5.75 Å². The van der Waals surface area contributed by atoms with Crippen molar-refractivity contribution < 1.29 is 0 Å². The first-order valence-corrected chi connectivity index (χ1v) is 3.74. The van der Waals surface area contributed by atoms with Crippen LogP contribution in [0.2, 0.25) is 0 Å². The molecule has 0 atom stereocenters. The topological polar surface area (TPSA) is 23.9 Å². The monoisotopic (exact) mass is 138 g/mol. The molecule has 0 radical (unpaired) electrons. The second-order valence-corrected chi connectivity index (χ2v) is 2.35. The van der Waals surface area contributed by atoms with E-state index in [1.165, 1.54) is 5.56 Å². The van der Waals surface area contributed by atoms with Crippen molar-refractivity contribution in [3.8, 4) is 0 Å². The molecular weight excluding hydrogens is 130 g/mol. The average Bonchev–Trinajstić information content (AvgIpc) is 1.91. The van der Waals surface area contributed by atoms with E-state index in [4.69, 9.17) is 4.78 Å². The van der Waals surface area contributed by atoms with Gasteiger partial charge in [-0.3, -0.25) is 0 Å². The molecule has 0 fully saturated rings. The molecule has 0 heterocycles. The van der Waals surface area contributed by atoms with Gasteiger partial charge in [-0.2, -0.15) is 0 Å². The van der Waals surface area contributed by atoms with Gasteiger partial charge in [0.05, 0.1) is 0 Å². The summed E-state index contributed by atoms with van der Waals surface area (Å²) < 4.78 is 6.86. The molecule has 0 saturated carbocycles. The Morgan fingerprint density at radius 1 is 1.22 bits per heavy atom. The molecule has 0 bridgehead atoms. The maximum absolute atomic E-state index is 6.86. The summed E-state index contributed by atoms with van der Waals surface area (Å²) in [6.45, 7) is 0. The van der Waals surface area contributed by atoms with Crippen molar-refractivity contribution in [3.05, 3.63) is 35.9 Å². The van der Waals surface area contributed by atoms with Gasteiger partial charge in [-0.25, -0.2) is 0 Å². The van der Waals surface area contributed by atoms with Gasteiger partial charge in [0, 0.05) is 5.56 Å². The molecule has 0 aliphatic heterocycles. The zero-order valence-corrected chi connectivity index (χ0v) is 5.82. The van der Waals surface area contributed by atoms with Gasteiger partial charge in [-0.05, 0) is 4.78 Å². The molecule has 0 unspecified atom stereocenters. The Labute approximate surface area is 58.6 Å². The van der Waals surface area contributed by atoms with Gasteiger partial charge >= 0.3 is 11.6 Å². The van der Waals surface area contributed by atoms with E-state index in [0.29, 0.717) is 0 Å². The van der Waals surface area contributed by atoms with E-state index in [9.17, 15) is 0 Å². The minimum absolute atomic E-state index is 0.792. The zero-order chi connectivity index (χ0) is 6.53. The lowest BCUT2D eigenvalue weighted by Gasteiger charge is -1.83. The van der Waals surface area contributed by atoms with E-state index >= 15 is 0 Å². The first-order chi connectivity index (χ1) is 4.43. The zero-order valence-electron chi connectivity index (χ0n) is 5.00. The van der Waals surface area contributed by atoms with Crippen LogP contribution in [-0.4, -0.2) is 0 Å². The summed E-state index contributed by atoms with van der Waals surface area (Å²) in [5.74, 6) is 0.792. The number of rotatable bonds is 2. The standard InChI is InChI=1S/C7H8NS/c8-9-6-7-4-2-1-3-5-7/h1-5,8H,6H2/q+1. The first kappa shape index (κ1) is 6.36. The molecule has 46 valence electrons. The van der Waals surface area contributed by atoms with Crippen LogP contribution in [0, 0.1) is 4.78 Å². The molecule has 9 heavy (non-hydrogen) atoms. The summed E-state index contributed by atoms with van der Waals surface area (Å²) in [6, 6.07) is 10.0. The van der Waals surface area contributed by atoms with Crippen LogP contribution in [-0.2, 0) is 17.3 Å². The van der Waals surface area contributed by atoms with Crippen LogP contribution in [0.5, 0.6) is 0 Å². The number of nitrogens with one attached hydrogen (secondary N) is 1. The number of hydrogen-bond donors (Lipinski definition) is 1. The van der Waals surface area contributed by atoms with Crippen LogP contribution in [0.25, 0.3) is 0 Å². The molecule has 2 heteroatoms. The van der Waals surface area contributed by atoms with E-state index < -0.39 is 0 Å². The Morgan fingerprint density at radius 3 is 2.44 bits per heavy atom. The van der Waals surface area contributed by atoms with E-state index in [1.807, 2.05) is 30.3 Å². The highest BCUT2D eigenvalue weighted by atomic mass is 32.1. The van der Waals surface area contributed by atoms with Gasteiger partial charge in [0.1, 0.15) is 0 Å². The number of benzene rings is 1. The SMILES string of the molecule is N=[S+]Cc1ccccc1. The molecule has 0 aromatic heterocycles. The Balaban J connectivity index is 2.72. The Bertz CT molecular complexity index is 183. The summed E-state index contributed by atoms with van der Waals surface area (Å²) >= 11 is 1.10. The van der Waals surface area contributed by atoms with Crippen molar-refractivity contribution in [2.24, 2.45) is 0 Å². The van der Waals surface area contributed by atoms with Crippen LogP contribution < -0.4 is 0 Å². The molecular formula is C7H8NS+. The predicted octanol–water partition coefficient (Wildman–Crippen LogP) is 2.03. The average molecular weight is 138 g/mol. The second-order valence-electron chi connectivity index (χ2n) is 1.77. The summed E-state index contributed by atoms with van der Waals surface area (Å²) in [7, 11) is 0. The normalized spacial score (nSPS) is 8.89. The minimum Gasteiger partial charge on any atom is -0.0622 e. The smallest absolute Gasteiger partial charge is 0.0622 e. The van der Waals surface area contributed by atoms with E-state index in [-0.39, 0.29) is 0 Å². The largest absolute Gasteiger partial charge is 0.312 e. The van der Waals surface area contributed by atoms with Crippen molar-refractivity contribution in [1.82, 2.24) is 0 Å². The predicted molar refractivity (Wildman–Crippen MR) is 40.2 cm³/mol. The van der Waals surface area contributed by atoms with Gasteiger partial charge in [0.25, 0.3) is 0 Å². The van der Waals surface area contributed by atoms with Crippen molar-refractivity contribution >= 4 is 11.6 Å². The fourth-order valence-electron chi connectivity index (χ4n) is 0.658. The van der Waals surface area contributed by atoms with Crippen molar-refractivity contribution in [3.63, 3.8) is 0 Å². The van der Waals surface area contributed by atoms with Gasteiger partial charge in [0.15, 0.2) is 0 Å². The minimum atomic E-state index is 0.792. The van der Waals surface area contributed by atoms with E-state index in [0.717, 1.165) is 17.3 Å². The molecule has 0 spiro atoms. The molecule has 1 rings (SSSR count). The van der Waals surface area contributed by atoms with Gasteiger partial charge in [-0.1, -0.05) is 30.3 Å². The Morgan fingerprint density at radius 2 is 1.89 bits per heavy atom. The molecule has 1 nitrogen and oxygen atoms in total. The van der Waals surface area contributed by atoms with Gasteiger partial charge < -0.3 is 0 Å². The van der Waals surface area contributed by atoms with Crippen LogP contribution in [0.15, 0.2) is 30.3 Å². The molecule has 1 aromatic carbocycles. The van der Waals surface area contributed by atoms with E-state index in [1.54, 1.807) is 0 Å². The van der Waals surface area contributed by atoms with Crippen molar-refractivity contribution in [1.29, 1.82) is 4.78 Å². The lowest BCUT2D eigenvalue weighted by molar-refractivity contribution is 1.41. The molecule has 1 N–H and O–H groups in total. The first-order valence-electron chi connectivity index (χ1n) is 2.76. The highest BCUT2D eigenvalue weighted by Crippen LogP contribution is 1.97. The maximum Gasteiger partial charge on any atom is 0.312 e. The van der Waals surface area contributed by atoms with Crippen LogP contribution >= 0.6 is 0 Å². The van der Waals surface area contributed by atoms with Crippen LogP contribution in [0.1, 0.15) is 5.56 Å². The molecule has 0 aliphatic rings. The third-order valence-electron chi connectivity index (χ3n) is 1.08. The third-order valence-corrected chi connectivity index (χ3v) is 1.56. The molecule has 0 saturated heterocycles. The van der Waals surface area contributed by atoms with Gasteiger partial charge in [0.2, 0.25) is 5.75 Å². The quantitative estimate of drug-likeness (QED) is 0.605. The molecule has 0 aliphatic carbocycles. The number of hydrogen-bond acceptors (Lipinski definition) is 1. The maximum atomic E-state index is 6.86. The Kier molecular flexibility index (Phi) is 2.33. The third kappa shape index (κ3) is 1.90.